The van der Waals surface area contributed by atoms with Gasteiger partial charge in [0.2, 0.25) is 0 Å². The Hall–Kier alpha value is -2.76. The monoisotopic (exact) mass is 316 g/mol. The maximum atomic E-state index is 12.4. The van der Waals surface area contributed by atoms with Gasteiger partial charge in [0, 0.05) is 17.8 Å². The molecule has 1 heterocycles. The van der Waals surface area contributed by atoms with Gasteiger partial charge in [0.1, 0.15) is 0 Å². The fourth-order valence-electron chi connectivity index (χ4n) is 2.43. The first kappa shape index (κ1) is 16.6. The van der Waals surface area contributed by atoms with Gasteiger partial charge in [-0.15, -0.1) is 0 Å². The number of benzene rings is 1. The molecule has 0 aliphatic carbocycles. The molecule has 0 aliphatic rings. The molecule has 0 bridgehead atoms. The second kappa shape index (κ2) is 7.00. The van der Waals surface area contributed by atoms with Crippen molar-refractivity contribution in [2.24, 2.45) is 0 Å². The quantitative estimate of drug-likeness (QED) is 0.883. The topological polar surface area (TPSA) is 80.4 Å². The summed E-state index contributed by atoms with van der Waals surface area (Å²) in [7, 11) is 2.98. The predicted molar refractivity (Wildman–Crippen MR) is 87.3 cm³/mol. The van der Waals surface area contributed by atoms with E-state index in [4.69, 9.17) is 9.47 Å². The van der Waals surface area contributed by atoms with Gasteiger partial charge in [-0.1, -0.05) is 6.07 Å². The zero-order valence-corrected chi connectivity index (χ0v) is 13.6. The summed E-state index contributed by atoms with van der Waals surface area (Å²) in [5, 5.41) is 2.75. The molecule has 122 valence electrons. The number of methoxy groups -OCH3 is 2. The van der Waals surface area contributed by atoms with E-state index in [0.717, 1.165) is 11.3 Å². The average Bonchev–Trinajstić information content (AvgIpc) is 2.52. The van der Waals surface area contributed by atoms with Crippen LogP contribution in [0.3, 0.4) is 0 Å². The molecule has 0 fully saturated rings. The molecule has 0 saturated carbocycles. The summed E-state index contributed by atoms with van der Waals surface area (Å²) in [6, 6.07) is 6.93. The van der Waals surface area contributed by atoms with Crippen LogP contribution >= 0.6 is 0 Å². The first-order valence-corrected chi connectivity index (χ1v) is 7.16. The van der Waals surface area contributed by atoms with E-state index in [2.05, 4.69) is 10.3 Å². The molecular weight excluding hydrogens is 296 g/mol. The number of hydrogen-bond acceptors (Lipinski definition) is 4. The molecule has 0 atom stereocenters. The van der Waals surface area contributed by atoms with Crippen LogP contribution in [0.4, 0.5) is 0 Å². The third-order valence-electron chi connectivity index (χ3n) is 3.57. The van der Waals surface area contributed by atoms with Crippen LogP contribution in [0.15, 0.2) is 29.1 Å². The second-order valence-corrected chi connectivity index (χ2v) is 5.17. The Bertz CT molecular complexity index is 781. The fraction of sp³-hybridized carbons (Fsp3) is 0.294. The van der Waals surface area contributed by atoms with Gasteiger partial charge in [0.05, 0.1) is 19.8 Å². The van der Waals surface area contributed by atoms with Gasteiger partial charge >= 0.3 is 0 Å². The van der Waals surface area contributed by atoms with E-state index < -0.39 is 0 Å². The van der Waals surface area contributed by atoms with Crippen molar-refractivity contribution in [1.82, 2.24) is 10.3 Å². The number of hydrogen-bond donors (Lipinski definition) is 2. The van der Waals surface area contributed by atoms with Gasteiger partial charge < -0.3 is 19.8 Å². The third-order valence-corrected chi connectivity index (χ3v) is 3.57. The molecule has 2 rings (SSSR count). The van der Waals surface area contributed by atoms with E-state index in [1.807, 2.05) is 19.9 Å². The molecule has 6 nitrogen and oxygen atoms in total. The predicted octanol–water partition coefficient (Wildman–Crippen LogP) is 1.94. The van der Waals surface area contributed by atoms with E-state index >= 15 is 0 Å². The van der Waals surface area contributed by atoms with E-state index in [1.165, 1.54) is 14.2 Å². The molecule has 23 heavy (non-hydrogen) atoms. The van der Waals surface area contributed by atoms with E-state index in [9.17, 15) is 9.59 Å². The standard InChI is InChI=1S/C17H20N2O4/c1-10-8-11(2)19-17(21)13(10)9-18-16(20)12-6-5-7-14(22-3)15(12)23-4/h5-8H,9H2,1-4H3,(H,18,20)(H,19,21). The fourth-order valence-corrected chi connectivity index (χ4v) is 2.43. The van der Waals surface area contributed by atoms with Crippen molar-refractivity contribution in [3.05, 3.63) is 57.0 Å². The van der Waals surface area contributed by atoms with Crippen LogP contribution < -0.4 is 20.3 Å². The first-order valence-electron chi connectivity index (χ1n) is 7.16. The molecule has 2 aromatic rings. The summed E-state index contributed by atoms with van der Waals surface area (Å²) in [5.41, 5.74) is 2.32. The molecule has 0 radical (unpaired) electrons. The molecule has 0 unspecified atom stereocenters. The number of nitrogens with one attached hydrogen (secondary N) is 2. The van der Waals surface area contributed by atoms with Crippen molar-refractivity contribution in [1.29, 1.82) is 0 Å². The number of pyridine rings is 1. The molecule has 0 saturated heterocycles. The maximum absolute atomic E-state index is 12.4. The number of carbonyl (C=O) groups is 1. The summed E-state index contributed by atoms with van der Waals surface area (Å²) in [6.07, 6.45) is 0. The molecule has 1 aromatic heterocycles. The molecule has 1 aromatic carbocycles. The highest BCUT2D eigenvalue weighted by atomic mass is 16.5. The summed E-state index contributed by atoms with van der Waals surface area (Å²) in [4.78, 5) is 27.1. The van der Waals surface area contributed by atoms with Crippen molar-refractivity contribution < 1.29 is 14.3 Å². The smallest absolute Gasteiger partial charge is 0.255 e. The number of aryl methyl sites for hydroxylation is 2. The number of aromatic amines is 1. The Labute approximate surface area is 134 Å². The highest BCUT2D eigenvalue weighted by molar-refractivity contribution is 5.97. The Kier molecular flexibility index (Phi) is 5.05. The molecule has 1 amide bonds. The van der Waals surface area contributed by atoms with Gasteiger partial charge in [-0.05, 0) is 37.6 Å². The Balaban J connectivity index is 2.23. The third kappa shape index (κ3) is 3.53. The van der Waals surface area contributed by atoms with E-state index in [0.29, 0.717) is 22.6 Å². The SMILES string of the molecule is COc1cccc(C(=O)NCc2c(C)cc(C)[nH]c2=O)c1OC. The number of para-hydroxylation sites is 1. The lowest BCUT2D eigenvalue weighted by atomic mass is 10.1. The number of aromatic nitrogens is 1. The average molecular weight is 316 g/mol. The molecule has 0 aliphatic heterocycles. The summed E-state index contributed by atoms with van der Waals surface area (Å²) >= 11 is 0. The minimum atomic E-state index is -0.333. The maximum Gasteiger partial charge on any atom is 0.255 e. The zero-order valence-electron chi connectivity index (χ0n) is 13.6. The highest BCUT2D eigenvalue weighted by Crippen LogP contribution is 2.30. The molecular formula is C17H20N2O4. The van der Waals surface area contributed by atoms with Crippen LogP contribution in [0, 0.1) is 13.8 Å². The van der Waals surface area contributed by atoms with Gasteiger partial charge in [-0.2, -0.15) is 0 Å². The van der Waals surface area contributed by atoms with E-state index in [1.54, 1.807) is 18.2 Å². The van der Waals surface area contributed by atoms with Gasteiger partial charge in [0.25, 0.3) is 11.5 Å². The van der Waals surface area contributed by atoms with Gasteiger partial charge in [-0.25, -0.2) is 0 Å². The Morgan fingerprint density at radius 3 is 2.57 bits per heavy atom. The van der Waals surface area contributed by atoms with Gasteiger partial charge in [-0.3, -0.25) is 9.59 Å². The first-order chi connectivity index (χ1) is 11.0. The zero-order chi connectivity index (χ0) is 17.0. The second-order valence-electron chi connectivity index (χ2n) is 5.17. The number of ether oxygens (including phenoxy) is 2. The van der Waals surface area contributed by atoms with Crippen LogP contribution in [0.5, 0.6) is 11.5 Å². The van der Waals surface area contributed by atoms with Crippen molar-refractivity contribution in [3.8, 4) is 11.5 Å². The largest absolute Gasteiger partial charge is 0.493 e. The van der Waals surface area contributed by atoms with Crippen molar-refractivity contribution in [3.63, 3.8) is 0 Å². The highest BCUT2D eigenvalue weighted by Gasteiger charge is 2.16. The Morgan fingerprint density at radius 1 is 1.22 bits per heavy atom. The molecule has 6 heteroatoms. The summed E-state index contributed by atoms with van der Waals surface area (Å²) in [5.74, 6) is 0.506. The minimum absolute atomic E-state index is 0.140. The van der Waals surface area contributed by atoms with Crippen LogP contribution in [0.1, 0.15) is 27.2 Å². The van der Waals surface area contributed by atoms with Gasteiger partial charge in [0.15, 0.2) is 11.5 Å². The molecule has 2 N–H and O–H groups in total. The molecule has 0 spiro atoms. The number of amides is 1. The van der Waals surface area contributed by atoms with Crippen molar-refractivity contribution in [2.75, 3.05) is 14.2 Å². The van der Waals surface area contributed by atoms with Crippen molar-refractivity contribution in [2.45, 2.75) is 20.4 Å². The van der Waals surface area contributed by atoms with Crippen molar-refractivity contribution >= 4 is 5.91 Å². The lowest BCUT2D eigenvalue weighted by molar-refractivity contribution is 0.0947. The number of rotatable bonds is 5. The van der Waals surface area contributed by atoms with Crippen LogP contribution in [0.2, 0.25) is 0 Å². The normalized spacial score (nSPS) is 10.3. The lowest BCUT2D eigenvalue weighted by Gasteiger charge is -2.13. The Morgan fingerprint density at radius 2 is 1.96 bits per heavy atom. The number of carbonyl (C=O) groups excluding carboxylic acids is 1. The van der Waals surface area contributed by atoms with Crippen LogP contribution in [-0.4, -0.2) is 25.1 Å². The van der Waals surface area contributed by atoms with E-state index in [-0.39, 0.29) is 18.0 Å². The van der Waals surface area contributed by atoms with Crippen LogP contribution in [0.25, 0.3) is 0 Å². The lowest BCUT2D eigenvalue weighted by Crippen LogP contribution is -2.28. The summed E-state index contributed by atoms with van der Waals surface area (Å²) < 4.78 is 10.4. The van der Waals surface area contributed by atoms with Crippen LogP contribution in [-0.2, 0) is 6.54 Å². The summed E-state index contributed by atoms with van der Waals surface area (Å²) in [6.45, 7) is 3.80. The minimum Gasteiger partial charge on any atom is -0.493 e. The number of H-pyrrole nitrogens is 1.